The minimum Gasteiger partial charge on any atom is -0.387 e. The van der Waals surface area contributed by atoms with E-state index in [-0.39, 0.29) is 5.54 Å². The van der Waals surface area contributed by atoms with Crippen LogP contribution >= 0.6 is 0 Å². The van der Waals surface area contributed by atoms with Crippen LogP contribution in [0.4, 0.5) is 0 Å². The molecule has 3 aromatic rings. The van der Waals surface area contributed by atoms with Gasteiger partial charge >= 0.3 is 0 Å². The van der Waals surface area contributed by atoms with Crippen LogP contribution in [0.3, 0.4) is 0 Å². The number of hydrogen-bond donors (Lipinski definition) is 1. The van der Waals surface area contributed by atoms with E-state index in [4.69, 9.17) is 0 Å². The predicted octanol–water partition coefficient (Wildman–Crippen LogP) is 4.64. The van der Waals surface area contributed by atoms with Gasteiger partial charge < -0.3 is 5.11 Å². The van der Waals surface area contributed by atoms with Gasteiger partial charge in [0.05, 0.1) is 6.10 Å². The van der Waals surface area contributed by atoms with Crippen LogP contribution in [0.25, 0.3) is 21.5 Å². The molecule has 1 aliphatic rings. The Balaban J connectivity index is 2.08. The van der Waals surface area contributed by atoms with Gasteiger partial charge in [-0.05, 0) is 53.4 Å². The number of aliphatic hydroxyl groups excluding tert-OH is 1. The summed E-state index contributed by atoms with van der Waals surface area (Å²) in [7, 11) is 0. The van der Waals surface area contributed by atoms with Crippen LogP contribution in [-0.2, 0) is 6.54 Å². The molecule has 3 aromatic carbocycles. The molecule has 0 radical (unpaired) electrons. The van der Waals surface area contributed by atoms with Gasteiger partial charge in [-0.15, -0.1) is 0 Å². The Morgan fingerprint density at radius 3 is 2.00 bits per heavy atom. The molecule has 2 nitrogen and oxygen atoms in total. The molecule has 1 N–H and O–H groups in total. The van der Waals surface area contributed by atoms with Crippen molar-refractivity contribution in [3.05, 3.63) is 59.7 Å². The summed E-state index contributed by atoms with van der Waals surface area (Å²) < 4.78 is 0. The molecule has 0 unspecified atom stereocenters. The number of rotatable bonds is 0. The van der Waals surface area contributed by atoms with Crippen molar-refractivity contribution in [1.82, 2.24) is 4.90 Å². The largest absolute Gasteiger partial charge is 0.387 e. The average Bonchev–Trinajstić information content (AvgIpc) is 2.54. The third kappa shape index (κ3) is 2.25. The van der Waals surface area contributed by atoms with E-state index >= 15 is 0 Å². The van der Waals surface area contributed by atoms with Gasteiger partial charge in [0, 0.05) is 18.6 Å². The summed E-state index contributed by atoms with van der Waals surface area (Å²) in [5, 5.41) is 15.9. The molecule has 0 amide bonds. The van der Waals surface area contributed by atoms with Crippen LogP contribution in [-0.4, -0.2) is 22.1 Å². The Morgan fingerprint density at radius 1 is 0.870 bits per heavy atom. The van der Waals surface area contributed by atoms with Gasteiger partial charge in [0.1, 0.15) is 0 Å². The number of β-amino-alcohol motifs (C(OH)–C–C–N with tert-alkyl or cyclic N) is 1. The second-order valence-electron chi connectivity index (χ2n) is 7.55. The first-order chi connectivity index (χ1) is 11.0. The van der Waals surface area contributed by atoms with E-state index in [1.807, 2.05) is 0 Å². The zero-order chi connectivity index (χ0) is 16.2. The summed E-state index contributed by atoms with van der Waals surface area (Å²) in [5.41, 5.74) is 2.46. The number of hydrogen-bond acceptors (Lipinski definition) is 2. The Kier molecular flexibility index (Phi) is 3.22. The standard InChI is InChI=1S/C21H23NO/c1-21(2,3)22-12-18-16-10-5-4-8-14(16)15-9-6-7-11-17(15)20(18)19(23)13-22/h4-11,19,23H,12-13H2,1-3H3/t19-/m0/s1. The van der Waals surface area contributed by atoms with E-state index in [0.29, 0.717) is 6.54 Å². The molecule has 2 heteroatoms. The first kappa shape index (κ1) is 14.7. The number of benzene rings is 3. The minimum absolute atomic E-state index is 0.0470. The van der Waals surface area contributed by atoms with E-state index in [9.17, 15) is 5.11 Å². The monoisotopic (exact) mass is 305 g/mol. The highest BCUT2D eigenvalue weighted by atomic mass is 16.3. The quantitative estimate of drug-likeness (QED) is 0.612. The normalized spacial score (nSPS) is 19.2. The second kappa shape index (κ2) is 5.05. The molecular formula is C21H23NO. The highest BCUT2D eigenvalue weighted by molar-refractivity contribution is 6.11. The van der Waals surface area contributed by atoms with Crippen LogP contribution in [0, 0.1) is 0 Å². The Hall–Kier alpha value is -1.90. The fourth-order valence-electron chi connectivity index (χ4n) is 3.86. The van der Waals surface area contributed by atoms with E-state index < -0.39 is 6.10 Å². The Bertz CT molecular complexity index is 891. The molecule has 0 bridgehead atoms. The van der Waals surface area contributed by atoms with Crippen molar-refractivity contribution in [3.8, 4) is 0 Å². The summed E-state index contributed by atoms with van der Waals surface area (Å²) >= 11 is 0. The molecule has 1 atom stereocenters. The molecule has 0 aromatic heterocycles. The summed E-state index contributed by atoms with van der Waals surface area (Å²) in [6.07, 6.45) is -0.438. The molecule has 118 valence electrons. The van der Waals surface area contributed by atoms with E-state index in [2.05, 4.69) is 74.2 Å². The fourth-order valence-corrected chi connectivity index (χ4v) is 3.86. The van der Waals surface area contributed by atoms with Gasteiger partial charge in [-0.3, -0.25) is 4.90 Å². The first-order valence-corrected chi connectivity index (χ1v) is 8.32. The van der Waals surface area contributed by atoms with Crippen molar-refractivity contribution in [2.75, 3.05) is 6.54 Å². The topological polar surface area (TPSA) is 23.5 Å². The van der Waals surface area contributed by atoms with Gasteiger partial charge in [0.2, 0.25) is 0 Å². The van der Waals surface area contributed by atoms with E-state index in [1.54, 1.807) is 0 Å². The zero-order valence-corrected chi connectivity index (χ0v) is 14.0. The van der Waals surface area contributed by atoms with Crippen LogP contribution in [0.15, 0.2) is 48.5 Å². The predicted molar refractivity (Wildman–Crippen MR) is 96.6 cm³/mol. The zero-order valence-electron chi connectivity index (χ0n) is 14.0. The Morgan fingerprint density at radius 2 is 1.39 bits per heavy atom. The summed E-state index contributed by atoms with van der Waals surface area (Å²) in [6.45, 7) is 8.23. The van der Waals surface area contributed by atoms with Crippen LogP contribution in [0.5, 0.6) is 0 Å². The summed E-state index contributed by atoms with van der Waals surface area (Å²) in [6, 6.07) is 17.1. The third-order valence-corrected chi connectivity index (χ3v) is 5.11. The lowest BCUT2D eigenvalue weighted by Gasteiger charge is -2.42. The number of aliphatic hydroxyl groups is 1. The van der Waals surface area contributed by atoms with Crippen molar-refractivity contribution in [1.29, 1.82) is 0 Å². The Labute approximate surface area is 137 Å². The van der Waals surface area contributed by atoms with Crippen molar-refractivity contribution in [2.45, 2.75) is 39.0 Å². The molecular weight excluding hydrogens is 282 g/mol. The lowest BCUT2D eigenvalue weighted by atomic mass is 9.85. The fraction of sp³-hybridized carbons (Fsp3) is 0.333. The van der Waals surface area contributed by atoms with Gasteiger partial charge in [0.25, 0.3) is 0 Å². The lowest BCUT2D eigenvalue weighted by molar-refractivity contribution is 0.0390. The number of nitrogens with zero attached hydrogens (tertiary/aromatic N) is 1. The van der Waals surface area contributed by atoms with Crippen molar-refractivity contribution < 1.29 is 5.11 Å². The van der Waals surface area contributed by atoms with E-state index in [0.717, 1.165) is 12.1 Å². The lowest BCUT2D eigenvalue weighted by Crippen LogP contribution is -2.45. The number of fused-ring (bicyclic) bond motifs is 6. The highest BCUT2D eigenvalue weighted by Gasteiger charge is 2.32. The van der Waals surface area contributed by atoms with Gasteiger partial charge in [0.15, 0.2) is 0 Å². The smallest absolute Gasteiger partial charge is 0.0926 e. The molecule has 0 aliphatic carbocycles. The molecule has 1 aliphatic heterocycles. The summed E-state index contributed by atoms with van der Waals surface area (Å²) in [5.74, 6) is 0. The third-order valence-electron chi connectivity index (χ3n) is 5.11. The maximum Gasteiger partial charge on any atom is 0.0926 e. The van der Waals surface area contributed by atoms with E-state index in [1.165, 1.54) is 27.1 Å². The van der Waals surface area contributed by atoms with Gasteiger partial charge in [-0.1, -0.05) is 48.5 Å². The summed E-state index contributed by atoms with van der Waals surface area (Å²) in [4.78, 5) is 2.38. The van der Waals surface area contributed by atoms with Crippen molar-refractivity contribution in [2.24, 2.45) is 0 Å². The SMILES string of the molecule is CC(C)(C)N1Cc2c(c3ccccc3c3ccccc23)[C@@H](O)C1. The molecule has 4 rings (SSSR count). The molecule has 0 saturated heterocycles. The molecule has 23 heavy (non-hydrogen) atoms. The van der Waals surface area contributed by atoms with Crippen molar-refractivity contribution in [3.63, 3.8) is 0 Å². The van der Waals surface area contributed by atoms with Gasteiger partial charge in [-0.2, -0.15) is 0 Å². The first-order valence-electron chi connectivity index (χ1n) is 8.32. The molecule has 0 spiro atoms. The van der Waals surface area contributed by atoms with Crippen LogP contribution in [0.2, 0.25) is 0 Å². The van der Waals surface area contributed by atoms with Crippen LogP contribution < -0.4 is 0 Å². The maximum atomic E-state index is 10.9. The minimum atomic E-state index is -0.438. The van der Waals surface area contributed by atoms with Crippen LogP contribution in [0.1, 0.15) is 38.0 Å². The maximum absolute atomic E-state index is 10.9. The molecule has 0 fully saturated rings. The second-order valence-corrected chi connectivity index (χ2v) is 7.55. The van der Waals surface area contributed by atoms with Gasteiger partial charge in [-0.25, -0.2) is 0 Å². The highest BCUT2D eigenvalue weighted by Crippen LogP contribution is 2.40. The molecule has 0 saturated carbocycles. The van der Waals surface area contributed by atoms with Crippen molar-refractivity contribution >= 4 is 21.5 Å². The molecule has 1 heterocycles. The average molecular weight is 305 g/mol.